The second-order valence-electron chi connectivity index (χ2n) is 10.9. The second kappa shape index (κ2) is 62.1. The maximum absolute atomic E-state index is 10.0. The number of carbonyl (C=O) groups is 2. The minimum atomic E-state index is 0.250. The van der Waals surface area contributed by atoms with E-state index in [0.29, 0.717) is 6.67 Å². The number of rotatable bonds is 12. The average molecular weight is 887 g/mol. The quantitative estimate of drug-likeness (QED) is 0.0418. The number of nitrogens with two attached hydrogens (primary N) is 2. The van der Waals surface area contributed by atoms with Crippen LogP contribution in [0.25, 0.3) is 0 Å². The summed E-state index contributed by atoms with van der Waals surface area (Å²) in [4.78, 5) is 28.5. The molecule has 0 aromatic heterocycles. The van der Waals surface area contributed by atoms with Gasteiger partial charge >= 0.3 is 0 Å². The largest absolute Gasteiger partial charge is 0.319 e. The second-order valence-corrected chi connectivity index (χ2v) is 10.9. The maximum atomic E-state index is 10.0. The molecule has 0 bridgehead atoms. The average Bonchev–Trinajstić information content (AvgIpc) is 3.42. The predicted octanol–water partition coefficient (Wildman–Crippen LogP) is 13.7. The highest BCUT2D eigenvalue weighted by Gasteiger charge is 1.92. The lowest BCUT2D eigenvalue weighted by Gasteiger charge is -2.07. The summed E-state index contributed by atoms with van der Waals surface area (Å²) in [6, 6.07) is 59.1. The molecule has 0 radical (unpaired) electrons. The third kappa shape index (κ3) is 47.2. The van der Waals surface area contributed by atoms with Crippen LogP contribution in [-0.4, -0.2) is 45.0 Å². The normalized spacial score (nSPS) is 8.58. The summed E-state index contributed by atoms with van der Waals surface area (Å²) in [5, 5.41) is 6.72. The van der Waals surface area contributed by atoms with E-state index in [2.05, 4.69) is 80.6 Å². The van der Waals surface area contributed by atoms with Gasteiger partial charge in [-0.15, -0.1) is 0 Å². The van der Waals surface area contributed by atoms with Crippen molar-refractivity contribution in [1.29, 1.82) is 0 Å². The Morgan fingerprint density at radius 2 is 0.585 bits per heavy atom. The highest BCUT2D eigenvalue weighted by molar-refractivity contribution is 5.81. The fraction of sp³-hybridized carbons (Fsp3) is 0.298. The Morgan fingerprint density at radius 1 is 0.369 bits per heavy atom. The van der Waals surface area contributed by atoms with Gasteiger partial charge in [0.25, 0.3) is 0 Å². The van der Waals surface area contributed by atoms with Crippen molar-refractivity contribution in [3.8, 4) is 0 Å². The topological polar surface area (TPSA) is 135 Å². The number of benzene rings is 6. The van der Waals surface area contributed by atoms with Crippen LogP contribution in [0.1, 0.15) is 126 Å². The first-order valence-electron chi connectivity index (χ1n) is 23.2. The monoisotopic (exact) mass is 887 g/mol. The maximum Gasteiger partial charge on any atom is 0.150 e. The number of hydrogen-bond donors (Lipinski definition) is 4. The first-order valence-corrected chi connectivity index (χ1v) is 23.2. The van der Waals surface area contributed by atoms with Crippen LogP contribution in [0.2, 0.25) is 0 Å². The predicted molar refractivity (Wildman–Crippen MR) is 289 cm³/mol. The molecule has 6 N–H and O–H groups in total. The van der Waals surface area contributed by atoms with Crippen LogP contribution in [0.3, 0.4) is 0 Å². The molecule has 6 aromatic carbocycles. The van der Waals surface area contributed by atoms with E-state index in [1.54, 1.807) is 24.3 Å². The molecule has 0 aliphatic carbocycles. The fourth-order valence-electron chi connectivity index (χ4n) is 4.17. The molecule has 0 aliphatic heterocycles. The van der Waals surface area contributed by atoms with Gasteiger partial charge in [0, 0.05) is 50.0 Å². The van der Waals surface area contributed by atoms with E-state index >= 15 is 0 Å². The van der Waals surface area contributed by atoms with Crippen LogP contribution >= 0.6 is 0 Å². The zero-order chi connectivity index (χ0) is 49.9. The minimum absolute atomic E-state index is 0.250. The molecule has 0 aliphatic rings. The first kappa shape index (κ1) is 67.9. The van der Waals surface area contributed by atoms with Crippen molar-refractivity contribution < 1.29 is 9.59 Å². The van der Waals surface area contributed by atoms with Gasteiger partial charge in [0.05, 0.1) is 0 Å². The number of nitrogens with one attached hydrogen (secondary N) is 2. The number of nitrogens with zero attached hydrogens (tertiary/aromatic N) is 2. The summed E-state index contributed by atoms with van der Waals surface area (Å²) >= 11 is 0. The van der Waals surface area contributed by atoms with Crippen molar-refractivity contribution in [2.24, 2.45) is 21.5 Å². The summed E-state index contributed by atoms with van der Waals surface area (Å²) in [6.07, 6.45) is 5.34. The van der Waals surface area contributed by atoms with Gasteiger partial charge in [-0.2, -0.15) is 0 Å². The number of aliphatic imine (C=N–C) groups is 2. The minimum Gasteiger partial charge on any atom is -0.319 e. The molecule has 8 heteroatoms. The molecule has 65 heavy (non-hydrogen) atoms. The van der Waals surface area contributed by atoms with E-state index in [9.17, 15) is 9.59 Å². The summed E-state index contributed by atoms with van der Waals surface area (Å²) < 4.78 is 0. The molecule has 0 atom stereocenters. The van der Waals surface area contributed by atoms with E-state index in [-0.39, 0.29) is 6.67 Å². The molecular weight excluding hydrogens is 801 g/mol. The molecule has 0 unspecified atom stereocenters. The summed E-state index contributed by atoms with van der Waals surface area (Å²) in [5.74, 6) is 0. The summed E-state index contributed by atoms with van der Waals surface area (Å²) in [7, 11) is 0. The Bertz CT molecular complexity index is 1640. The molecule has 0 heterocycles. The third-order valence-electron chi connectivity index (χ3n) is 6.71. The first-order chi connectivity index (χ1) is 32.2. The lowest BCUT2D eigenvalue weighted by Crippen LogP contribution is -2.28. The van der Waals surface area contributed by atoms with Crippen LogP contribution in [0, 0.1) is 0 Å². The van der Waals surface area contributed by atoms with Gasteiger partial charge in [0.15, 0.2) is 0 Å². The van der Waals surface area contributed by atoms with E-state index in [0.717, 1.165) is 54.6 Å². The van der Waals surface area contributed by atoms with Gasteiger partial charge in [-0.1, -0.05) is 265 Å². The van der Waals surface area contributed by atoms with Gasteiger partial charge < -0.3 is 22.1 Å². The molecule has 0 amide bonds. The lowest BCUT2D eigenvalue weighted by atomic mass is 10.2. The van der Waals surface area contributed by atoms with Crippen molar-refractivity contribution in [2.45, 2.75) is 96.2 Å². The molecule has 8 nitrogen and oxygen atoms in total. The molecule has 356 valence electrons. The van der Waals surface area contributed by atoms with Crippen molar-refractivity contribution in [2.75, 3.05) is 20.0 Å². The summed E-state index contributed by atoms with van der Waals surface area (Å²) in [5.41, 5.74) is 15.5. The molecule has 0 fully saturated rings. The Labute approximate surface area is 396 Å². The van der Waals surface area contributed by atoms with Gasteiger partial charge in [0.1, 0.15) is 19.2 Å². The van der Waals surface area contributed by atoms with Crippen molar-refractivity contribution >= 4 is 25.0 Å². The zero-order valence-corrected chi connectivity index (χ0v) is 42.0. The smallest absolute Gasteiger partial charge is 0.150 e. The summed E-state index contributed by atoms with van der Waals surface area (Å²) in [6.45, 7) is 27.3. The molecule has 0 saturated heterocycles. The Balaban J connectivity index is -0.000000232. The zero-order valence-electron chi connectivity index (χ0n) is 42.0. The van der Waals surface area contributed by atoms with Crippen molar-refractivity contribution in [3.05, 3.63) is 215 Å². The Morgan fingerprint density at radius 3 is 0.800 bits per heavy atom. The molecule has 6 aromatic rings. The number of hydrogen-bond acceptors (Lipinski definition) is 8. The van der Waals surface area contributed by atoms with E-state index in [4.69, 9.17) is 0 Å². The van der Waals surface area contributed by atoms with Crippen molar-refractivity contribution in [3.63, 3.8) is 0 Å². The molecule has 0 spiro atoms. The third-order valence-corrected chi connectivity index (χ3v) is 6.71. The molecule has 0 saturated carbocycles. The Kier molecular flexibility index (Phi) is 64.9. The SMILES string of the molecule is C(=NCN=Cc1ccccc1)c1ccccc1.CC.CC.CC.CC.CC.CC.NCN.O=Cc1ccccc1.O=Cc1ccccc1.c1ccc(CNCNCc2ccccc2)cc1. The van der Waals surface area contributed by atoms with Gasteiger partial charge in [0.2, 0.25) is 0 Å². The van der Waals surface area contributed by atoms with Crippen LogP contribution in [0.4, 0.5) is 0 Å². The highest BCUT2D eigenvalue weighted by Crippen LogP contribution is 1.99. The number of aldehydes is 2. The fourth-order valence-corrected chi connectivity index (χ4v) is 4.17. The van der Waals surface area contributed by atoms with Gasteiger partial charge in [-0.25, -0.2) is 0 Å². The van der Waals surface area contributed by atoms with E-state index in [1.165, 1.54) is 11.1 Å². The van der Waals surface area contributed by atoms with Crippen LogP contribution in [0.5, 0.6) is 0 Å². The van der Waals surface area contributed by atoms with Gasteiger partial charge in [-0.3, -0.25) is 19.6 Å². The number of carbonyl (C=O) groups excluding carboxylic acids is 2. The standard InChI is InChI=1S/C15H18N2.C15H14N2.2C7H6O.6C2H6.CH6N2/c2*1-3-7-14(8-4-1)11-16-13-17-12-15-9-5-2-6-10-15;2*8-6-7-4-2-1-3-5-7;6*1-2;2-1-3/h1-10,16-17H,11-13H2;1-12H,13H2;2*1-6H;6*1-2H3;1-3H2. The van der Waals surface area contributed by atoms with Crippen molar-refractivity contribution in [1.82, 2.24) is 10.6 Å². The van der Waals surface area contributed by atoms with E-state index in [1.807, 2.05) is 205 Å². The molecule has 6 rings (SSSR count). The lowest BCUT2D eigenvalue weighted by molar-refractivity contribution is 0.111. The Hall–Kier alpha value is -6.16. The van der Waals surface area contributed by atoms with Crippen LogP contribution < -0.4 is 22.1 Å². The highest BCUT2D eigenvalue weighted by atomic mass is 16.1. The van der Waals surface area contributed by atoms with Crippen LogP contribution in [-0.2, 0) is 13.1 Å². The van der Waals surface area contributed by atoms with Crippen LogP contribution in [0.15, 0.2) is 192 Å². The van der Waals surface area contributed by atoms with Gasteiger partial charge in [-0.05, 0) is 22.3 Å². The van der Waals surface area contributed by atoms with E-state index < -0.39 is 0 Å². The molecular formula is C57H86N6O2.